The first-order chi connectivity index (χ1) is 14.6. The van der Waals surface area contributed by atoms with Crippen molar-refractivity contribution < 1.29 is 15.0 Å². The third kappa shape index (κ3) is 4.93. The Morgan fingerprint density at radius 1 is 0.839 bits per heavy atom. The summed E-state index contributed by atoms with van der Waals surface area (Å²) >= 11 is 0. The van der Waals surface area contributed by atoms with Gasteiger partial charge in [0.15, 0.2) is 0 Å². The van der Waals surface area contributed by atoms with Gasteiger partial charge in [0, 0.05) is 5.41 Å². The Bertz CT molecular complexity index is 960. The van der Waals surface area contributed by atoms with Crippen LogP contribution in [0.15, 0.2) is 42.5 Å². The van der Waals surface area contributed by atoms with Gasteiger partial charge in [-0.1, -0.05) is 58.0 Å². The van der Waals surface area contributed by atoms with Crippen molar-refractivity contribution in [3.05, 3.63) is 75.9 Å². The lowest BCUT2D eigenvalue weighted by Crippen LogP contribution is -2.27. The second-order valence-electron chi connectivity index (χ2n) is 8.79. The number of carboxylic acid groups (broad SMARTS) is 1. The van der Waals surface area contributed by atoms with Crippen molar-refractivity contribution in [2.24, 2.45) is 0 Å². The minimum absolute atomic E-state index is 0.170. The van der Waals surface area contributed by atoms with Crippen molar-refractivity contribution in [1.82, 2.24) is 0 Å². The normalized spacial score (nSPS) is 12.8. The van der Waals surface area contributed by atoms with E-state index in [4.69, 9.17) is 0 Å². The predicted molar refractivity (Wildman–Crippen MR) is 130 cm³/mol. The highest BCUT2D eigenvalue weighted by Crippen LogP contribution is 2.40. The number of hydrogen-bond donors (Lipinski definition) is 2. The molecule has 3 heteroatoms. The van der Waals surface area contributed by atoms with Gasteiger partial charge in [-0.05, 0) is 92.0 Å². The fraction of sp³-hybridized carbons (Fsp3) is 0.464. The van der Waals surface area contributed by atoms with Gasteiger partial charge < -0.3 is 10.2 Å². The molecule has 168 valence electrons. The largest absolute Gasteiger partial charge is 0.478 e. The number of benzene rings is 2. The highest BCUT2D eigenvalue weighted by atomic mass is 16.4. The fourth-order valence-corrected chi connectivity index (χ4v) is 4.77. The number of aromatic carboxylic acids is 1. The van der Waals surface area contributed by atoms with E-state index in [1.165, 1.54) is 11.1 Å². The SMILES string of the molecule is CCC(O)(C=C(C)c1ccc(C(CC)(CC)c2ccc(C(=O)O)c(C)c2)cc1C)CC. The first-order valence-electron chi connectivity index (χ1n) is 11.4. The van der Waals surface area contributed by atoms with Gasteiger partial charge in [-0.3, -0.25) is 0 Å². The van der Waals surface area contributed by atoms with E-state index in [1.54, 1.807) is 6.07 Å². The van der Waals surface area contributed by atoms with Crippen molar-refractivity contribution in [2.75, 3.05) is 0 Å². The number of allylic oxidation sites excluding steroid dienone is 1. The quantitative estimate of drug-likeness (QED) is 0.455. The highest BCUT2D eigenvalue weighted by Gasteiger charge is 2.32. The minimum Gasteiger partial charge on any atom is -0.478 e. The molecule has 0 bridgehead atoms. The summed E-state index contributed by atoms with van der Waals surface area (Å²) in [6, 6.07) is 12.4. The summed E-state index contributed by atoms with van der Waals surface area (Å²) in [5, 5.41) is 20.1. The molecule has 2 rings (SSSR count). The number of carbonyl (C=O) groups is 1. The first-order valence-corrected chi connectivity index (χ1v) is 11.4. The summed E-state index contributed by atoms with van der Waals surface area (Å²) in [6.45, 7) is 14.5. The fourth-order valence-electron chi connectivity index (χ4n) is 4.77. The van der Waals surface area contributed by atoms with Crippen LogP contribution >= 0.6 is 0 Å². The molecule has 0 aliphatic rings. The van der Waals surface area contributed by atoms with Crippen LogP contribution in [-0.2, 0) is 5.41 Å². The van der Waals surface area contributed by atoms with Crippen molar-refractivity contribution in [1.29, 1.82) is 0 Å². The average Bonchev–Trinajstić information content (AvgIpc) is 2.74. The Morgan fingerprint density at radius 2 is 1.29 bits per heavy atom. The number of hydrogen-bond acceptors (Lipinski definition) is 2. The third-order valence-electron chi connectivity index (χ3n) is 7.13. The molecule has 0 saturated heterocycles. The van der Waals surface area contributed by atoms with Crippen LogP contribution in [0.3, 0.4) is 0 Å². The summed E-state index contributed by atoms with van der Waals surface area (Å²) in [5.74, 6) is -0.885. The van der Waals surface area contributed by atoms with Crippen LogP contribution in [0.2, 0.25) is 0 Å². The Kier molecular flexibility index (Phi) is 7.88. The van der Waals surface area contributed by atoms with Gasteiger partial charge in [0.1, 0.15) is 0 Å². The van der Waals surface area contributed by atoms with Crippen LogP contribution in [0, 0.1) is 13.8 Å². The van der Waals surface area contributed by atoms with E-state index in [0.29, 0.717) is 18.4 Å². The number of aliphatic hydroxyl groups is 1. The van der Waals surface area contributed by atoms with Gasteiger partial charge in [0.05, 0.1) is 11.2 Å². The summed E-state index contributed by atoms with van der Waals surface area (Å²) < 4.78 is 0. The molecule has 0 saturated carbocycles. The molecule has 0 spiro atoms. The first kappa shape index (κ1) is 24.9. The van der Waals surface area contributed by atoms with E-state index in [-0.39, 0.29) is 5.41 Å². The Labute approximate surface area is 187 Å². The van der Waals surface area contributed by atoms with Crippen LogP contribution in [-0.4, -0.2) is 21.8 Å². The predicted octanol–water partition coefficient (Wildman–Crippen LogP) is 7.06. The molecule has 0 radical (unpaired) electrons. The number of aryl methyl sites for hydroxylation is 2. The molecule has 0 unspecified atom stereocenters. The zero-order valence-corrected chi connectivity index (χ0v) is 20.2. The lowest BCUT2D eigenvalue weighted by molar-refractivity contribution is 0.0695. The maximum Gasteiger partial charge on any atom is 0.335 e. The molecule has 2 aromatic rings. The average molecular weight is 423 g/mol. The van der Waals surface area contributed by atoms with Crippen molar-refractivity contribution >= 4 is 11.5 Å². The van der Waals surface area contributed by atoms with Gasteiger partial charge in [-0.2, -0.15) is 0 Å². The Balaban J connectivity index is 2.57. The Hall–Kier alpha value is -2.39. The van der Waals surface area contributed by atoms with E-state index < -0.39 is 11.6 Å². The van der Waals surface area contributed by atoms with E-state index in [9.17, 15) is 15.0 Å². The summed E-state index contributed by atoms with van der Waals surface area (Å²) in [5.41, 5.74) is 6.05. The van der Waals surface area contributed by atoms with Crippen molar-refractivity contribution in [3.63, 3.8) is 0 Å². The maximum absolute atomic E-state index is 11.5. The van der Waals surface area contributed by atoms with Crippen LogP contribution < -0.4 is 0 Å². The zero-order valence-electron chi connectivity index (χ0n) is 20.2. The van der Waals surface area contributed by atoms with Crippen molar-refractivity contribution in [3.8, 4) is 0 Å². The zero-order chi connectivity index (χ0) is 23.4. The van der Waals surface area contributed by atoms with Crippen molar-refractivity contribution in [2.45, 2.75) is 85.2 Å². The lowest BCUT2D eigenvalue weighted by Gasteiger charge is -2.34. The van der Waals surface area contributed by atoms with E-state index >= 15 is 0 Å². The molecule has 2 aromatic carbocycles. The molecular formula is C28H38O3. The molecule has 0 aliphatic carbocycles. The monoisotopic (exact) mass is 422 g/mol. The second-order valence-corrected chi connectivity index (χ2v) is 8.79. The summed E-state index contributed by atoms with van der Waals surface area (Å²) in [4.78, 5) is 11.5. The molecular weight excluding hydrogens is 384 g/mol. The molecule has 3 nitrogen and oxygen atoms in total. The topological polar surface area (TPSA) is 57.5 Å². The third-order valence-corrected chi connectivity index (χ3v) is 7.13. The molecule has 0 aromatic heterocycles. The van der Waals surface area contributed by atoms with E-state index in [2.05, 4.69) is 45.9 Å². The van der Waals surface area contributed by atoms with Gasteiger partial charge in [-0.15, -0.1) is 0 Å². The molecule has 0 fully saturated rings. The van der Waals surface area contributed by atoms with Crippen LogP contribution in [0.25, 0.3) is 5.57 Å². The summed E-state index contributed by atoms with van der Waals surface area (Å²) in [6.07, 6.45) is 5.23. The maximum atomic E-state index is 11.5. The standard InChI is InChI=1S/C28H38O3/c1-8-27(31,9-2)18-21(7)24-14-12-22(16-19(24)5)28(10-3,11-4)23-13-15-25(26(29)30)20(6)17-23/h12-18,31H,8-11H2,1-7H3,(H,29,30). The van der Waals surface area contributed by atoms with Crippen LogP contribution in [0.1, 0.15) is 98.5 Å². The number of carboxylic acids is 1. The Morgan fingerprint density at radius 3 is 1.65 bits per heavy atom. The minimum atomic E-state index is -0.885. The molecule has 0 atom stereocenters. The van der Waals surface area contributed by atoms with E-state index in [1.807, 2.05) is 39.0 Å². The molecule has 0 amide bonds. The molecule has 0 heterocycles. The van der Waals surface area contributed by atoms with Gasteiger partial charge in [0.2, 0.25) is 0 Å². The summed E-state index contributed by atoms with van der Waals surface area (Å²) in [7, 11) is 0. The van der Waals surface area contributed by atoms with Gasteiger partial charge in [0.25, 0.3) is 0 Å². The molecule has 0 aliphatic heterocycles. The lowest BCUT2D eigenvalue weighted by atomic mass is 9.69. The van der Waals surface area contributed by atoms with Crippen LogP contribution in [0.5, 0.6) is 0 Å². The number of rotatable bonds is 9. The molecule has 2 N–H and O–H groups in total. The smallest absolute Gasteiger partial charge is 0.335 e. The highest BCUT2D eigenvalue weighted by molar-refractivity contribution is 5.89. The van der Waals surface area contributed by atoms with Crippen LogP contribution in [0.4, 0.5) is 0 Å². The molecule has 31 heavy (non-hydrogen) atoms. The van der Waals surface area contributed by atoms with E-state index in [0.717, 1.165) is 35.1 Å². The second kappa shape index (κ2) is 9.82. The van der Waals surface area contributed by atoms with Gasteiger partial charge in [-0.25, -0.2) is 4.79 Å². The van der Waals surface area contributed by atoms with Gasteiger partial charge >= 0.3 is 5.97 Å².